The Morgan fingerprint density at radius 2 is 2.42 bits per heavy atom. The van der Waals surface area contributed by atoms with Gasteiger partial charge in [0.25, 0.3) is 0 Å². The summed E-state index contributed by atoms with van der Waals surface area (Å²) in [4.78, 5) is 0. The van der Waals surface area contributed by atoms with Gasteiger partial charge in [-0.3, -0.25) is 0 Å². The van der Waals surface area contributed by atoms with Crippen LogP contribution in [0.1, 0.15) is 12.6 Å². The Hall–Kier alpha value is -0.830. The lowest BCUT2D eigenvalue weighted by Crippen LogP contribution is -2.21. The molecule has 3 heteroatoms. The number of rotatable bonds is 2. The van der Waals surface area contributed by atoms with Crippen LogP contribution >= 0.6 is 15.9 Å². The Morgan fingerprint density at radius 1 is 1.67 bits per heavy atom. The van der Waals surface area contributed by atoms with E-state index in [1.165, 1.54) is 0 Å². The first kappa shape index (κ1) is 9.26. The number of hydrogen-bond donors (Lipinski definition) is 0. The monoisotopic (exact) mass is 227 g/mol. The van der Waals surface area contributed by atoms with Crippen LogP contribution in [0.3, 0.4) is 0 Å². The summed E-state index contributed by atoms with van der Waals surface area (Å²) in [7, 11) is 0. The van der Waals surface area contributed by atoms with Gasteiger partial charge in [-0.1, -0.05) is 33.7 Å². The van der Waals surface area contributed by atoms with E-state index in [0.717, 1.165) is 16.3 Å². The van der Waals surface area contributed by atoms with Crippen LogP contribution in [0.4, 0.5) is 0 Å². The van der Waals surface area contributed by atoms with E-state index in [9.17, 15) is 0 Å². The van der Waals surface area contributed by atoms with Crippen molar-refractivity contribution in [3.05, 3.63) is 29.0 Å². The van der Waals surface area contributed by atoms with Crippen molar-refractivity contribution in [3.63, 3.8) is 0 Å². The molecular formula is C9H10BrNO. The summed E-state index contributed by atoms with van der Waals surface area (Å²) in [6, 6.07) is 0. The van der Waals surface area contributed by atoms with Crippen LogP contribution in [-0.4, -0.2) is 5.16 Å². The second kappa shape index (κ2) is 4.26. The van der Waals surface area contributed by atoms with Crippen molar-refractivity contribution in [2.45, 2.75) is 12.3 Å². The molecule has 1 aromatic rings. The molecule has 0 saturated heterocycles. The maximum atomic E-state index is 5.07. The Kier molecular flexibility index (Phi) is 3.29. The maximum absolute atomic E-state index is 5.07. The highest BCUT2D eigenvalue weighted by atomic mass is 79.9. The molecule has 0 aliphatic carbocycles. The third-order valence-electron chi connectivity index (χ3n) is 1.50. The molecule has 0 bridgehead atoms. The SMILES string of the molecule is C=C/C=c1/c(CBr)no/c1=C/C. The third-order valence-corrected chi connectivity index (χ3v) is 2.03. The predicted octanol–water partition coefficient (Wildman–Crippen LogP) is 1.34. The van der Waals surface area contributed by atoms with Crippen LogP contribution < -0.4 is 10.6 Å². The molecular weight excluding hydrogens is 218 g/mol. The van der Waals surface area contributed by atoms with Crippen molar-refractivity contribution in [1.29, 1.82) is 0 Å². The van der Waals surface area contributed by atoms with E-state index in [-0.39, 0.29) is 0 Å². The minimum absolute atomic E-state index is 0.698. The van der Waals surface area contributed by atoms with Crippen LogP contribution in [0.15, 0.2) is 17.2 Å². The van der Waals surface area contributed by atoms with Crippen LogP contribution in [0.2, 0.25) is 0 Å². The molecule has 1 aromatic heterocycles. The van der Waals surface area contributed by atoms with Gasteiger partial charge in [-0.2, -0.15) is 0 Å². The van der Waals surface area contributed by atoms with Crippen molar-refractivity contribution in [3.8, 4) is 0 Å². The summed E-state index contributed by atoms with van der Waals surface area (Å²) in [5, 5.41) is 5.59. The first-order valence-electron chi connectivity index (χ1n) is 3.63. The molecule has 64 valence electrons. The lowest BCUT2D eigenvalue weighted by molar-refractivity contribution is 0.389. The normalized spacial score (nSPS) is 13.8. The molecule has 0 amide bonds. The fraction of sp³-hybridized carbons (Fsp3) is 0.222. The highest BCUT2D eigenvalue weighted by molar-refractivity contribution is 9.08. The van der Waals surface area contributed by atoms with E-state index in [0.29, 0.717) is 5.33 Å². The summed E-state index contributed by atoms with van der Waals surface area (Å²) in [5.74, 6) is 0. The highest BCUT2D eigenvalue weighted by Gasteiger charge is 1.99. The van der Waals surface area contributed by atoms with Gasteiger partial charge in [-0.25, -0.2) is 0 Å². The zero-order valence-electron chi connectivity index (χ0n) is 6.88. The summed E-state index contributed by atoms with van der Waals surface area (Å²) < 4.78 is 5.07. The molecule has 0 radical (unpaired) electrons. The molecule has 0 fully saturated rings. The number of hydrogen-bond acceptors (Lipinski definition) is 2. The van der Waals surface area contributed by atoms with Gasteiger partial charge >= 0.3 is 0 Å². The summed E-state index contributed by atoms with van der Waals surface area (Å²) in [6.07, 6.45) is 5.50. The summed E-state index contributed by atoms with van der Waals surface area (Å²) in [5.41, 5.74) is 1.70. The van der Waals surface area contributed by atoms with Crippen LogP contribution in [-0.2, 0) is 5.33 Å². The van der Waals surface area contributed by atoms with E-state index < -0.39 is 0 Å². The second-order valence-electron chi connectivity index (χ2n) is 2.23. The molecule has 0 unspecified atom stereocenters. The summed E-state index contributed by atoms with van der Waals surface area (Å²) >= 11 is 3.33. The van der Waals surface area contributed by atoms with E-state index in [1.807, 2.05) is 19.1 Å². The van der Waals surface area contributed by atoms with Gasteiger partial charge in [0.05, 0.1) is 0 Å². The Labute approximate surface area is 79.4 Å². The average molecular weight is 228 g/mol. The van der Waals surface area contributed by atoms with Crippen molar-refractivity contribution < 1.29 is 4.52 Å². The standard InChI is InChI=1S/C9H10BrNO/c1-3-5-7-8(6-10)11-12-9(7)4-2/h3-5H,1,6H2,2H3/b7-5-,9-4+. The van der Waals surface area contributed by atoms with E-state index in [4.69, 9.17) is 4.52 Å². The number of alkyl halides is 1. The van der Waals surface area contributed by atoms with Crippen molar-refractivity contribution >= 4 is 28.1 Å². The van der Waals surface area contributed by atoms with Crippen molar-refractivity contribution in [1.82, 2.24) is 5.16 Å². The fourth-order valence-electron chi connectivity index (χ4n) is 0.946. The fourth-order valence-corrected chi connectivity index (χ4v) is 1.35. The number of allylic oxidation sites excluding steroid dienone is 1. The van der Waals surface area contributed by atoms with Gasteiger partial charge in [-0.15, -0.1) is 0 Å². The van der Waals surface area contributed by atoms with Crippen LogP contribution in [0.25, 0.3) is 12.2 Å². The predicted molar refractivity (Wildman–Crippen MR) is 53.2 cm³/mol. The topological polar surface area (TPSA) is 26.0 Å². The number of halogens is 1. The summed E-state index contributed by atoms with van der Waals surface area (Å²) in [6.45, 7) is 5.55. The van der Waals surface area contributed by atoms with Crippen molar-refractivity contribution in [2.24, 2.45) is 0 Å². The largest absolute Gasteiger partial charge is 0.356 e. The molecule has 0 N–H and O–H groups in total. The second-order valence-corrected chi connectivity index (χ2v) is 2.79. The lowest BCUT2D eigenvalue weighted by atomic mass is 10.3. The molecule has 2 nitrogen and oxygen atoms in total. The van der Waals surface area contributed by atoms with E-state index >= 15 is 0 Å². The number of nitrogens with zero attached hydrogens (tertiary/aromatic N) is 1. The Balaban J connectivity index is 3.47. The minimum Gasteiger partial charge on any atom is -0.356 e. The highest BCUT2D eigenvalue weighted by Crippen LogP contribution is 1.92. The average Bonchev–Trinajstić information content (AvgIpc) is 2.48. The smallest absolute Gasteiger partial charge is 0.162 e. The van der Waals surface area contributed by atoms with Crippen LogP contribution in [0.5, 0.6) is 0 Å². The molecule has 12 heavy (non-hydrogen) atoms. The van der Waals surface area contributed by atoms with Gasteiger partial charge in [0.2, 0.25) is 0 Å². The third kappa shape index (κ3) is 1.67. The molecule has 0 saturated carbocycles. The van der Waals surface area contributed by atoms with Gasteiger partial charge in [0.1, 0.15) is 5.69 Å². The molecule has 0 aliphatic rings. The lowest BCUT2D eigenvalue weighted by Gasteiger charge is -1.80. The van der Waals surface area contributed by atoms with Gasteiger partial charge in [0.15, 0.2) is 5.42 Å². The molecule has 1 rings (SSSR count). The van der Waals surface area contributed by atoms with Gasteiger partial charge in [-0.05, 0) is 19.1 Å². The molecule has 0 aromatic carbocycles. The van der Waals surface area contributed by atoms with Crippen molar-refractivity contribution in [2.75, 3.05) is 0 Å². The first-order valence-corrected chi connectivity index (χ1v) is 4.75. The number of aromatic nitrogens is 1. The zero-order chi connectivity index (χ0) is 8.97. The van der Waals surface area contributed by atoms with Gasteiger partial charge < -0.3 is 4.52 Å². The maximum Gasteiger partial charge on any atom is 0.162 e. The van der Waals surface area contributed by atoms with Gasteiger partial charge in [0, 0.05) is 10.5 Å². The van der Waals surface area contributed by atoms with E-state index in [2.05, 4.69) is 27.7 Å². The zero-order valence-corrected chi connectivity index (χ0v) is 8.47. The Morgan fingerprint density at radius 3 is 2.92 bits per heavy atom. The quantitative estimate of drug-likeness (QED) is 0.714. The molecule has 0 spiro atoms. The first-order chi connectivity index (χ1) is 5.83. The minimum atomic E-state index is 0.698. The van der Waals surface area contributed by atoms with Crippen LogP contribution in [0, 0.1) is 0 Å². The van der Waals surface area contributed by atoms with E-state index in [1.54, 1.807) is 6.08 Å². The molecule has 1 heterocycles. The Bertz CT molecular complexity index is 378. The molecule has 0 atom stereocenters. The molecule has 0 aliphatic heterocycles.